The molecule has 1 aliphatic carbocycles. The molecule has 70 valence electrons. The third-order valence-corrected chi connectivity index (χ3v) is 3.24. The van der Waals surface area contributed by atoms with E-state index in [0.717, 1.165) is 17.9 Å². The van der Waals surface area contributed by atoms with Gasteiger partial charge in [-0.2, -0.15) is 0 Å². The largest absolute Gasteiger partial charge is 0.315 e. The molecule has 2 fully saturated rings. The van der Waals surface area contributed by atoms with Gasteiger partial charge in [0.1, 0.15) is 0 Å². The highest BCUT2D eigenvalue weighted by molar-refractivity contribution is 4.86. The lowest BCUT2D eigenvalue weighted by Gasteiger charge is -2.23. The van der Waals surface area contributed by atoms with E-state index in [0.29, 0.717) is 0 Å². The van der Waals surface area contributed by atoms with E-state index < -0.39 is 0 Å². The maximum atomic E-state index is 3.65. The van der Waals surface area contributed by atoms with Crippen LogP contribution in [0.3, 0.4) is 0 Å². The van der Waals surface area contributed by atoms with Crippen LogP contribution in [0.15, 0.2) is 0 Å². The Labute approximate surface area is 75.1 Å². The van der Waals surface area contributed by atoms with Crippen LogP contribution in [0, 0.1) is 11.8 Å². The molecule has 3 unspecified atom stereocenters. The Kier molecular flexibility index (Phi) is 2.66. The molecule has 0 amide bonds. The van der Waals surface area contributed by atoms with E-state index in [9.17, 15) is 0 Å². The molecule has 0 radical (unpaired) electrons. The highest BCUT2D eigenvalue weighted by Gasteiger charge is 2.32. The van der Waals surface area contributed by atoms with Gasteiger partial charge < -0.3 is 10.6 Å². The summed E-state index contributed by atoms with van der Waals surface area (Å²) in [6.07, 6.45) is 4.17. The summed E-state index contributed by atoms with van der Waals surface area (Å²) in [5.41, 5.74) is 0. The van der Waals surface area contributed by atoms with Gasteiger partial charge in [0.05, 0.1) is 0 Å². The molecular weight excluding hydrogens is 148 g/mol. The molecule has 0 bridgehead atoms. The molecule has 1 aliphatic heterocycles. The Morgan fingerprint density at radius 1 is 1.50 bits per heavy atom. The Morgan fingerprint density at radius 3 is 2.92 bits per heavy atom. The minimum Gasteiger partial charge on any atom is -0.315 e. The molecule has 12 heavy (non-hydrogen) atoms. The molecule has 1 saturated carbocycles. The predicted molar refractivity (Wildman–Crippen MR) is 51.2 cm³/mol. The highest BCUT2D eigenvalue weighted by atomic mass is 15.0. The Morgan fingerprint density at radius 2 is 2.33 bits per heavy atom. The van der Waals surface area contributed by atoms with Gasteiger partial charge in [-0.15, -0.1) is 0 Å². The summed E-state index contributed by atoms with van der Waals surface area (Å²) in [5, 5.41) is 7.08. The molecule has 0 aromatic heterocycles. The second-order valence-electron chi connectivity index (χ2n) is 4.42. The van der Waals surface area contributed by atoms with E-state index in [1.807, 2.05) is 0 Å². The maximum Gasteiger partial charge on any atom is 0.0193 e. The van der Waals surface area contributed by atoms with Gasteiger partial charge in [-0.05, 0) is 44.2 Å². The first-order chi connectivity index (χ1) is 5.86. The lowest BCUT2D eigenvalue weighted by molar-refractivity contribution is 0.383. The molecule has 0 aromatic rings. The van der Waals surface area contributed by atoms with Crippen molar-refractivity contribution in [2.45, 2.75) is 32.2 Å². The molecule has 0 spiro atoms. The van der Waals surface area contributed by atoms with Crippen LogP contribution in [0.5, 0.6) is 0 Å². The minimum absolute atomic E-state index is 0.756. The molecule has 1 heterocycles. The van der Waals surface area contributed by atoms with Gasteiger partial charge in [0.15, 0.2) is 0 Å². The fourth-order valence-electron chi connectivity index (χ4n) is 2.03. The third kappa shape index (κ3) is 2.20. The van der Waals surface area contributed by atoms with Crippen molar-refractivity contribution in [2.75, 3.05) is 19.6 Å². The summed E-state index contributed by atoms with van der Waals surface area (Å²) in [6.45, 7) is 6.01. The van der Waals surface area contributed by atoms with Gasteiger partial charge in [-0.3, -0.25) is 0 Å². The van der Waals surface area contributed by atoms with Gasteiger partial charge in [0.25, 0.3) is 0 Å². The first-order valence-corrected chi connectivity index (χ1v) is 5.30. The Balaban J connectivity index is 1.59. The summed E-state index contributed by atoms with van der Waals surface area (Å²) in [6, 6.07) is 0.756. The Bertz CT molecular complexity index is 141. The molecule has 1 saturated heterocycles. The standard InChI is InChI=1S/C10H20N2/c1-8-5-9(8)6-12-10-3-2-4-11-7-10/h8-12H,2-7H2,1H3. The lowest BCUT2D eigenvalue weighted by Crippen LogP contribution is -2.43. The predicted octanol–water partition coefficient (Wildman–Crippen LogP) is 0.984. The summed E-state index contributed by atoms with van der Waals surface area (Å²) >= 11 is 0. The van der Waals surface area contributed by atoms with Gasteiger partial charge in [-0.1, -0.05) is 6.92 Å². The van der Waals surface area contributed by atoms with E-state index in [2.05, 4.69) is 17.6 Å². The second kappa shape index (κ2) is 3.75. The van der Waals surface area contributed by atoms with Crippen molar-refractivity contribution in [1.29, 1.82) is 0 Å². The second-order valence-corrected chi connectivity index (χ2v) is 4.42. The van der Waals surface area contributed by atoms with Gasteiger partial charge in [-0.25, -0.2) is 0 Å². The summed E-state index contributed by atoms with van der Waals surface area (Å²) in [4.78, 5) is 0. The summed E-state index contributed by atoms with van der Waals surface area (Å²) in [7, 11) is 0. The van der Waals surface area contributed by atoms with Gasteiger partial charge in [0.2, 0.25) is 0 Å². The quantitative estimate of drug-likeness (QED) is 0.656. The first kappa shape index (κ1) is 8.52. The van der Waals surface area contributed by atoms with E-state index >= 15 is 0 Å². The topological polar surface area (TPSA) is 24.1 Å². The fourth-order valence-corrected chi connectivity index (χ4v) is 2.03. The number of rotatable bonds is 3. The SMILES string of the molecule is CC1CC1CNC1CCCNC1. The fraction of sp³-hybridized carbons (Fsp3) is 1.00. The summed E-state index contributed by atoms with van der Waals surface area (Å²) < 4.78 is 0. The van der Waals surface area contributed by atoms with Crippen LogP contribution < -0.4 is 10.6 Å². The van der Waals surface area contributed by atoms with Crippen molar-refractivity contribution in [3.8, 4) is 0 Å². The Hall–Kier alpha value is -0.0800. The first-order valence-electron chi connectivity index (χ1n) is 5.30. The van der Waals surface area contributed by atoms with Crippen LogP contribution in [0.25, 0.3) is 0 Å². The highest BCUT2D eigenvalue weighted by Crippen LogP contribution is 2.36. The number of hydrogen-bond donors (Lipinski definition) is 2. The van der Waals surface area contributed by atoms with E-state index in [4.69, 9.17) is 0 Å². The van der Waals surface area contributed by atoms with Crippen LogP contribution in [0.2, 0.25) is 0 Å². The molecule has 3 atom stereocenters. The zero-order chi connectivity index (χ0) is 8.39. The van der Waals surface area contributed by atoms with E-state index in [-0.39, 0.29) is 0 Å². The van der Waals surface area contributed by atoms with Crippen molar-refractivity contribution < 1.29 is 0 Å². The molecule has 2 heteroatoms. The average Bonchev–Trinajstić information content (AvgIpc) is 2.81. The van der Waals surface area contributed by atoms with Gasteiger partial charge >= 0.3 is 0 Å². The third-order valence-electron chi connectivity index (χ3n) is 3.24. The number of nitrogens with one attached hydrogen (secondary N) is 2. The molecule has 2 rings (SSSR count). The summed E-state index contributed by atoms with van der Waals surface area (Å²) in [5.74, 6) is 1.99. The monoisotopic (exact) mass is 168 g/mol. The van der Waals surface area contributed by atoms with Crippen molar-refractivity contribution in [1.82, 2.24) is 10.6 Å². The van der Waals surface area contributed by atoms with Crippen molar-refractivity contribution in [2.24, 2.45) is 11.8 Å². The maximum absolute atomic E-state index is 3.65. The lowest BCUT2D eigenvalue weighted by atomic mass is 10.1. The van der Waals surface area contributed by atoms with Crippen molar-refractivity contribution in [3.63, 3.8) is 0 Å². The zero-order valence-electron chi connectivity index (χ0n) is 7.97. The van der Waals surface area contributed by atoms with E-state index in [1.54, 1.807) is 0 Å². The number of piperidine rings is 1. The zero-order valence-corrected chi connectivity index (χ0v) is 7.97. The number of hydrogen-bond acceptors (Lipinski definition) is 2. The van der Waals surface area contributed by atoms with Crippen LogP contribution >= 0.6 is 0 Å². The van der Waals surface area contributed by atoms with Crippen LogP contribution in [-0.2, 0) is 0 Å². The van der Waals surface area contributed by atoms with Crippen molar-refractivity contribution in [3.05, 3.63) is 0 Å². The van der Waals surface area contributed by atoms with Crippen LogP contribution in [0.4, 0.5) is 0 Å². The molecular formula is C10H20N2. The average molecular weight is 168 g/mol. The van der Waals surface area contributed by atoms with Gasteiger partial charge in [0, 0.05) is 12.6 Å². The van der Waals surface area contributed by atoms with Crippen LogP contribution in [0.1, 0.15) is 26.2 Å². The molecule has 2 aliphatic rings. The smallest absolute Gasteiger partial charge is 0.0193 e. The molecule has 2 N–H and O–H groups in total. The van der Waals surface area contributed by atoms with E-state index in [1.165, 1.54) is 38.9 Å². The molecule has 2 nitrogen and oxygen atoms in total. The van der Waals surface area contributed by atoms with Crippen molar-refractivity contribution >= 4 is 0 Å². The normalized spacial score (nSPS) is 41.2. The minimum atomic E-state index is 0.756. The van der Waals surface area contributed by atoms with Crippen LogP contribution in [-0.4, -0.2) is 25.7 Å². The molecule has 0 aromatic carbocycles.